The van der Waals surface area contributed by atoms with Gasteiger partial charge in [-0.15, -0.1) is 0 Å². The average Bonchev–Trinajstić information content (AvgIpc) is 2.81. The van der Waals surface area contributed by atoms with Crippen molar-refractivity contribution in [1.29, 1.82) is 10.5 Å². The Kier molecular flexibility index (Phi) is 3.28. The lowest BCUT2D eigenvalue weighted by molar-refractivity contribution is 0.403. The number of hydrogen-bond donors (Lipinski definition) is 4. The number of allylic oxidation sites excluding steroid dienone is 1. The van der Waals surface area contributed by atoms with Crippen LogP contribution in [0.25, 0.3) is 11.6 Å². The van der Waals surface area contributed by atoms with Crippen LogP contribution in [0.15, 0.2) is 18.2 Å². The topological polar surface area (TPSA) is 143 Å². The Hall–Kier alpha value is -3.45. The van der Waals surface area contributed by atoms with Gasteiger partial charge in [0.25, 0.3) is 0 Å². The molecule has 0 spiro atoms. The molecule has 0 saturated carbocycles. The smallest absolute Gasteiger partial charge is 0.163 e. The normalized spacial score (nSPS) is 10.8. The van der Waals surface area contributed by atoms with Crippen molar-refractivity contribution in [3.05, 3.63) is 35.0 Å². The summed E-state index contributed by atoms with van der Waals surface area (Å²) in [5.74, 6) is -0.554. The highest BCUT2D eigenvalue weighted by molar-refractivity contribution is 5.91. The predicted molar refractivity (Wildman–Crippen MR) is 71.0 cm³/mol. The van der Waals surface area contributed by atoms with Crippen molar-refractivity contribution in [2.45, 2.75) is 0 Å². The Labute approximate surface area is 113 Å². The average molecular weight is 267 g/mol. The molecular weight excluding hydrogens is 258 g/mol. The number of nitrogens with zero attached hydrogens (tertiary/aromatic N) is 3. The van der Waals surface area contributed by atoms with E-state index in [-0.39, 0.29) is 34.1 Å². The van der Waals surface area contributed by atoms with Gasteiger partial charge in [0, 0.05) is 0 Å². The zero-order valence-electron chi connectivity index (χ0n) is 10.1. The summed E-state index contributed by atoms with van der Waals surface area (Å²) in [6.07, 6.45) is 1.44. The van der Waals surface area contributed by atoms with Gasteiger partial charge in [-0.2, -0.15) is 15.6 Å². The first-order valence-corrected chi connectivity index (χ1v) is 5.45. The van der Waals surface area contributed by atoms with E-state index in [1.54, 1.807) is 0 Å². The minimum atomic E-state index is -0.305. The van der Waals surface area contributed by atoms with E-state index in [1.807, 2.05) is 12.1 Å². The minimum Gasteiger partial charge on any atom is -0.504 e. The first-order chi connectivity index (χ1) is 9.56. The number of benzene rings is 1. The molecule has 7 heteroatoms. The highest BCUT2D eigenvalue weighted by Gasteiger charge is 2.14. The fraction of sp³-hybridized carbons (Fsp3) is 0. The number of rotatable bonds is 2. The molecule has 5 N–H and O–H groups in total. The summed E-state index contributed by atoms with van der Waals surface area (Å²) >= 11 is 0. The van der Waals surface area contributed by atoms with E-state index in [2.05, 4.69) is 10.2 Å². The summed E-state index contributed by atoms with van der Waals surface area (Å²) in [7, 11) is 0. The van der Waals surface area contributed by atoms with Crippen molar-refractivity contribution in [3.63, 3.8) is 0 Å². The lowest BCUT2D eigenvalue weighted by atomic mass is 10.1. The summed E-state index contributed by atoms with van der Waals surface area (Å²) in [5, 5.41) is 43.0. The zero-order chi connectivity index (χ0) is 14.7. The maximum Gasteiger partial charge on any atom is 0.163 e. The number of H-pyrrole nitrogens is 1. The van der Waals surface area contributed by atoms with Crippen molar-refractivity contribution in [3.8, 4) is 23.6 Å². The van der Waals surface area contributed by atoms with Crippen molar-refractivity contribution in [2.75, 3.05) is 5.73 Å². The predicted octanol–water partition coefficient (Wildman–Crippen LogP) is 1.34. The van der Waals surface area contributed by atoms with Gasteiger partial charge < -0.3 is 15.9 Å². The number of aromatic amines is 1. The molecule has 2 rings (SSSR count). The van der Waals surface area contributed by atoms with Gasteiger partial charge in [-0.05, 0) is 23.8 Å². The SMILES string of the molecule is N#CC(=Cc1ccc(O)c(O)c1)c1[nH]nc(N)c1C#N. The molecule has 20 heavy (non-hydrogen) atoms. The van der Waals surface area contributed by atoms with Gasteiger partial charge in [0.05, 0.1) is 11.3 Å². The molecule has 0 unspecified atom stereocenters. The maximum atomic E-state index is 9.41. The zero-order valence-corrected chi connectivity index (χ0v) is 10.1. The number of anilines is 1. The van der Waals surface area contributed by atoms with E-state index in [0.717, 1.165) is 0 Å². The molecule has 98 valence electrons. The van der Waals surface area contributed by atoms with Crippen LogP contribution in [-0.2, 0) is 0 Å². The minimum absolute atomic E-state index is 0.0113. The number of hydrogen-bond acceptors (Lipinski definition) is 6. The van der Waals surface area contributed by atoms with Crippen LogP contribution < -0.4 is 5.73 Å². The Morgan fingerprint density at radius 1 is 1.30 bits per heavy atom. The molecule has 7 nitrogen and oxygen atoms in total. The van der Waals surface area contributed by atoms with Gasteiger partial charge in [-0.3, -0.25) is 5.10 Å². The molecule has 0 amide bonds. The molecule has 2 aromatic rings. The summed E-state index contributed by atoms with van der Waals surface area (Å²) in [6, 6.07) is 7.89. The van der Waals surface area contributed by atoms with Crippen LogP contribution >= 0.6 is 0 Å². The van der Waals surface area contributed by atoms with E-state index in [1.165, 1.54) is 24.3 Å². The number of aromatic hydroxyl groups is 2. The Morgan fingerprint density at radius 2 is 2.05 bits per heavy atom. The van der Waals surface area contributed by atoms with Gasteiger partial charge >= 0.3 is 0 Å². The lowest BCUT2D eigenvalue weighted by Crippen LogP contribution is -1.89. The van der Waals surface area contributed by atoms with Crippen LogP contribution in [0.1, 0.15) is 16.8 Å². The van der Waals surface area contributed by atoms with Crippen molar-refractivity contribution >= 4 is 17.5 Å². The molecule has 0 saturated heterocycles. The van der Waals surface area contributed by atoms with E-state index >= 15 is 0 Å². The highest BCUT2D eigenvalue weighted by Crippen LogP contribution is 2.28. The highest BCUT2D eigenvalue weighted by atomic mass is 16.3. The number of nitrogens with two attached hydrogens (primary N) is 1. The molecule has 0 radical (unpaired) electrons. The van der Waals surface area contributed by atoms with Gasteiger partial charge in [0.1, 0.15) is 17.7 Å². The van der Waals surface area contributed by atoms with Crippen molar-refractivity contribution in [2.24, 2.45) is 0 Å². The number of aromatic nitrogens is 2. The standard InChI is InChI=1S/C13H9N5O2/c14-5-8(12-9(6-15)13(16)18-17-12)3-7-1-2-10(19)11(20)4-7/h1-4,19-20H,(H3,16,17,18). The van der Waals surface area contributed by atoms with E-state index in [4.69, 9.17) is 16.3 Å². The van der Waals surface area contributed by atoms with E-state index in [0.29, 0.717) is 5.56 Å². The van der Waals surface area contributed by atoms with Gasteiger partial charge in [-0.25, -0.2) is 0 Å². The Bertz CT molecular complexity index is 777. The van der Waals surface area contributed by atoms with Crippen LogP contribution in [0.3, 0.4) is 0 Å². The quantitative estimate of drug-likeness (QED) is 0.477. The van der Waals surface area contributed by atoms with Crippen LogP contribution in [0.2, 0.25) is 0 Å². The molecule has 1 heterocycles. The van der Waals surface area contributed by atoms with Crippen LogP contribution in [0.5, 0.6) is 11.5 Å². The fourth-order valence-electron chi connectivity index (χ4n) is 1.62. The van der Waals surface area contributed by atoms with E-state index in [9.17, 15) is 10.2 Å². The van der Waals surface area contributed by atoms with E-state index < -0.39 is 0 Å². The molecule has 0 aliphatic rings. The van der Waals surface area contributed by atoms with Crippen LogP contribution in [0, 0.1) is 22.7 Å². The third-order valence-corrected chi connectivity index (χ3v) is 2.61. The van der Waals surface area contributed by atoms with Crippen LogP contribution in [-0.4, -0.2) is 20.4 Å². The molecule has 1 aromatic heterocycles. The number of nitrogen functional groups attached to an aromatic ring is 1. The van der Waals surface area contributed by atoms with Crippen molar-refractivity contribution < 1.29 is 10.2 Å². The largest absolute Gasteiger partial charge is 0.504 e. The van der Waals surface area contributed by atoms with Crippen molar-refractivity contribution in [1.82, 2.24) is 10.2 Å². The first-order valence-electron chi connectivity index (χ1n) is 5.45. The lowest BCUT2D eigenvalue weighted by Gasteiger charge is -2.00. The summed E-state index contributed by atoms with van der Waals surface area (Å²) in [5.41, 5.74) is 6.42. The summed E-state index contributed by atoms with van der Waals surface area (Å²) in [4.78, 5) is 0. The maximum absolute atomic E-state index is 9.41. The number of nitrogens with one attached hydrogen (secondary N) is 1. The van der Waals surface area contributed by atoms with Gasteiger partial charge in [0.15, 0.2) is 17.3 Å². The molecule has 0 fully saturated rings. The fourth-order valence-corrected chi connectivity index (χ4v) is 1.62. The third-order valence-electron chi connectivity index (χ3n) is 2.61. The number of phenolic OH excluding ortho intramolecular Hbond substituents is 2. The second-order valence-electron chi connectivity index (χ2n) is 3.89. The molecular formula is C13H9N5O2. The molecule has 1 aromatic carbocycles. The summed E-state index contributed by atoms with van der Waals surface area (Å²) < 4.78 is 0. The second-order valence-corrected chi connectivity index (χ2v) is 3.89. The summed E-state index contributed by atoms with van der Waals surface area (Å²) in [6.45, 7) is 0. The third kappa shape index (κ3) is 2.24. The molecule has 0 atom stereocenters. The Balaban J connectivity index is 2.52. The molecule has 0 aliphatic carbocycles. The number of phenols is 2. The Morgan fingerprint density at radius 3 is 2.65 bits per heavy atom. The van der Waals surface area contributed by atoms with Gasteiger partial charge in [0.2, 0.25) is 0 Å². The van der Waals surface area contributed by atoms with Gasteiger partial charge in [-0.1, -0.05) is 6.07 Å². The first kappa shape index (κ1) is 13.0. The second kappa shape index (κ2) is 5.04. The molecule has 0 aliphatic heterocycles. The monoisotopic (exact) mass is 267 g/mol. The molecule has 0 bridgehead atoms. The number of nitriles is 2. The van der Waals surface area contributed by atoms with Crippen LogP contribution in [0.4, 0.5) is 5.82 Å².